The highest BCUT2D eigenvalue weighted by atomic mass is 35.5. The average molecular weight is 1060 g/mol. The second-order valence-corrected chi connectivity index (χ2v) is 20.2. The van der Waals surface area contributed by atoms with Crippen molar-refractivity contribution in [2.24, 2.45) is 0 Å². The number of aromatic nitrogens is 2. The first-order chi connectivity index (χ1) is 32.6. The monoisotopic (exact) mass is 1050 g/mol. The topological polar surface area (TPSA) is 189 Å². The minimum atomic E-state index is -4.93. The van der Waals surface area contributed by atoms with Crippen molar-refractivity contribution >= 4 is 78.0 Å². The zero-order valence-electron chi connectivity index (χ0n) is 36.9. The van der Waals surface area contributed by atoms with Crippen molar-refractivity contribution in [3.63, 3.8) is 0 Å². The van der Waals surface area contributed by atoms with E-state index in [1.165, 1.54) is 74.5 Å². The van der Waals surface area contributed by atoms with Crippen LogP contribution in [0.4, 0.5) is 37.7 Å². The molecule has 4 aromatic carbocycles. The van der Waals surface area contributed by atoms with Crippen LogP contribution in [0.1, 0.15) is 43.0 Å². The molecule has 2 heterocycles. The van der Waals surface area contributed by atoms with Crippen molar-refractivity contribution < 1.29 is 71.8 Å². The molecule has 0 atom stereocenters. The van der Waals surface area contributed by atoms with Gasteiger partial charge in [0.1, 0.15) is 29.1 Å². The minimum absolute atomic E-state index is 0.0244. The van der Waals surface area contributed by atoms with E-state index in [4.69, 9.17) is 32.7 Å². The zero-order valence-corrected chi connectivity index (χ0v) is 40.0. The number of hydrogen-bond donors (Lipinski definition) is 2. The number of nitrogens with zero attached hydrogens (tertiary/aromatic N) is 2. The van der Waals surface area contributed by atoms with Gasteiger partial charge in [0.2, 0.25) is 0 Å². The van der Waals surface area contributed by atoms with Gasteiger partial charge in [-0.05, 0) is 85.6 Å². The van der Waals surface area contributed by atoms with Gasteiger partial charge in [0.25, 0.3) is 5.91 Å². The quantitative estimate of drug-likeness (QED) is 0.0604. The molecule has 370 valence electrons. The number of nitrogens with one attached hydrogen (secondary N) is 2. The Balaban J connectivity index is 1.30. The first-order valence-electron chi connectivity index (χ1n) is 20.3. The number of benzene rings is 4. The summed E-state index contributed by atoms with van der Waals surface area (Å²) < 4.78 is 147. The predicted molar refractivity (Wildman–Crippen MR) is 246 cm³/mol. The fraction of sp³-hybridized carbons (Fsp3) is 0.217. The summed E-state index contributed by atoms with van der Waals surface area (Å²) in [7, 11) is -7.17. The number of ether oxygens (including phenoxy) is 2. The molecule has 0 aliphatic rings. The van der Waals surface area contributed by atoms with Gasteiger partial charge in [-0.1, -0.05) is 59.6 Å². The Morgan fingerprint density at radius 2 is 0.957 bits per heavy atom. The van der Waals surface area contributed by atoms with E-state index in [1.54, 1.807) is 0 Å². The van der Waals surface area contributed by atoms with E-state index in [-0.39, 0.29) is 54.4 Å². The lowest BCUT2D eigenvalue weighted by molar-refractivity contribution is -0.152. The number of carbonyl (C=O) groups is 4. The molecule has 2 aromatic heterocycles. The normalized spacial score (nSPS) is 12.1. The molecule has 70 heavy (non-hydrogen) atoms. The van der Waals surface area contributed by atoms with Crippen molar-refractivity contribution in [3.8, 4) is 22.5 Å². The maximum atomic E-state index is 14.4. The molecule has 2 amide bonds. The van der Waals surface area contributed by atoms with Crippen LogP contribution in [-0.2, 0) is 64.2 Å². The molecule has 6 aromatic rings. The molecule has 2 N–H and O–H groups in total. The van der Waals surface area contributed by atoms with Crippen molar-refractivity contribution in [1.29, 1.82) is 0 Å². The van der Waals surface area contributed by atoms with Crippen LogP contribution in [0.5, 0.6) is 0 Å². The fourth-order valence-corrected chi connectivity index (χ4v) is 9.50. The number of esters is 2. The van der Waals surface area contributed by atoms with Crippen LogP contribution < -0.4 is 10.6 Å². The number of rotatable bonds is 14. The van der Waals surface area contributed by atoms with Gasteiger partial charge in [0, 0.05) is 35.0 Å². The van der Waals surface area contributed by atoms with Crippen LogP contribution in [-0.4, -0.2) is 75.4 Å². The Morgan fingerprint density at radius 3 is 1.39 bits per heavy atom. The van der Waals surface area contributed by atoms with Crippen LogP contribution in [0.3, 0.4) is 0 Å². The summed E-state index contributed by atoms with van der Waals surface area (Å²) in [6.45, 7) is 0.247. The SMILES string of the molecule is Cc1c(C(=O)Nc2ccc(S(C)(=O)=O)cc2)c(Cl)n(CCOC(=O)c2c(C)c(-c3ccccc3C(F)(F)F)n(CCOC(=O)C(=O)Nc3ccc(S(C)(=O)=O)cc3)c2Cl)c1-c1ccccc1C(F)(F)F. The number of sulfone groups is 2. The molecule has 0 saturated heterocycles. The molecule has 0 fully saturated rings. The largest absolute Gasteiger partial charge is 0.460 e. The Kier molecular flexibility index (Phi) is 15.4. The summed E-state index contributed by atoms with van der Waals surface area (Å²) in [5.41, 5.74) is -4.27. The molecular formula is C46H38Cl2F6N4O10S2. The van der Waals surface area contributed by atoms with E-state index in [9.17, 15) is 62.4 Å². The second-order valence-electron chi connectivity index (χ2n) is 15.4. The molecule has 0 bridgehead atoms. The molecule has 14 nitrogen and oxygen atoms in total. The van der Waals surface area contributed by atoms with Gasteiger partial charge >= 0.3 is 30.2 Å². The molecule has 0 aliphatic heterocycles. The minimum Gasteiger partial charge on any atom is -0.460 e. The van der Waals surface area contributed by atoms with E-state index in [0.717, 1.165) is 58.0 Å². The fourth-order valence-electron chi connectivity index (χ4n) is 7.45. The number of anilines is 2. The standard InChI is InChI=1S/C46H38Cl2F6N4O10S2/c1-25-35(41(59)55-27-13-17-29(18-14-27)69(3,63)64)39(47)57(37(25)31-9-5-7-11-33(31)45(49,50)51)21-23-67-43(61)36-26(2)38(32-10-6-8-12-34(32)46(52,53)54)58(40(36)48)22-24-68-44(62)42(60)56-28-15-19-30(20-16-28)70(4,65)66/h5-20H,21-24H2,1-4H3,(H,55,59)(H,56,60). The maximum Gasteiger partial charge on any atom is 0.417 e. The summed E-state index contributed by atoms with van der Waals surface area (Å²) in [6.07, 6.45) is -7.87. The van der Waals surface area contributed by atoms with E-state index in [0.29, 0.717) is 0 Å². The third-order valence-electron chi connectivity index (χ3n) is 10.7. The van der Waals surface area contributed by atoms with Gasteiger partial charge in [0.15, 0.2) is 19.7 Å². The first-order valence-corrected chi connectivity index (χ1v) is 24.8. The van der Waals surface area contributed by atoms with Crippen LogP contribution in [0.25, 0.3) is 22.5 Å². The van der Waals surface area contributed by atoms with Crippen LogP contribution in [0.15, 0.2) is 107 Å². The van der Waals surface area contributed by atoms with Gasteiger partial charge in [-0.25, -0.2) is 26.4 Å². The summed E-state index contributed by atoms with van der Waals surface area (Å²) in [6, 6.07) is 18.6. The Labute approximate surface area is 405 Å². The molecule has 0 aliphatic carbocycles. The van der Waals surface area contributed by atoms with Gasteiger partial charge in [-0.3, -0.25) is 9.59 Å². The van der Waals surface area contributed by atoms with Gasteiger partial charge in [-0.2, -0.15) is 26.3 Å². The van der Waals surface area contributed by atoms with Crippen LogP contribution in [0, 0.1) is 13.8 Å². The number of amides is 2. The number of halogens is 8. The molecule has 6 rings (SSSR count). The molecule has 24 heteroatoms. The lowest BCUT2D eigenvalue weighted by atomic mass is 10.00. The number of hydrogen-bond acceptors (Lipinski definition) is 10. The number of alkyl halides is 6. The van der Waals surface area contributed by atoms with Crippen LogP contribution >= 0.6 is 23.2 Å². The molecular weight excluding hydrogens is 1020 g/mol. The second kappa shape index (κ2) is 20.4. The summed E-state index contributed by atoms with van der Waals surface area (Å²) in [5, 5.41) is 3.91. The highest BCUT2D eigenvalue weighted by Gasteiger charge is 2.38. The van der Waals surface area contributed by atoms with E-state index >= 15 is 0 Å². The Hall–Kier alpha value is -6.62. The summed E-state index contributed by atoms with van der Waals surface area (Å²) in [4.78, 5) is 52.9. The first kappa shape index (κ1) is 52.7. The zero-order chi connectivity index (χ0) is 51.7. The highest BCUT2D eigenvalue weighted by molar-refractivity contribution is 7.91. The van der Waals surface area contributed by atoms with Gasteiger partial charge < -0.3 is 29.2 Å². The third-order valence-corrected chi connectivity index (χ3v) is 13.7. The summed E-state index contributed by atoms with van der Waals surface area (Å²) in [5.74, 6) is -4.83. The molecule has 0 unspecified atom stereocenters. The molecule has 0 radical (unpaired) electrons. The molecule has 0 saturated carbocycles. The Bertz CT molecular complexity index is 3260. The lowest BCUT2D eigenvalue weighted by Gasteiger charge is -2.17. The third kappa shape index (κ3) is 11.5. The maximum absolute atomic E-state index is 14.4. The van der Waals surface area contributed by atoms with E-state index in [2.05, 4.69) is 10.6 Å². The van der Waals surface area contributed by atoms with Gasteiger partial charge in [0.05, 0.1) is 51.0 Å². The predicted octanol–water partition coefficient (Wildman–Crippen LogP) is 9.68. The van der Waals surface area contributed by atoms with Crippen molar-refractivity contribution in [2.75, 3.05) is 36.4 Å². The van der Waals surface area contributed by atoms with Crippen molar-refractivity contribution in [1.82, 2.24) is 9.13 Å². The van der Waals surface area contributed by atoms with Crippen molar-refractivity contribution in [3.05, 3.63) is 141 Å². The van der Waals surface area contributed by atoms with E-state index < -0.39 is 115 Å². The number of carbonyl (C=O) groups excluding carboxylic acids is 4. The summed E-state index contributed by atoms with van der Waals surface area (Å²) >= 11 is 13.5. The average Bonchev–Trinajstić information content (AvgIpc) is 3.67. The molecule has 0 spiro atoms. The smallest absolute Gasteiger partial charge is 0.417 e. The highest BCUT2D eigenvalue weighted by Crippen LogP contribution is 2.44. The van der Waals surface area contributed by atoms with Crippen molar-refractivity contribution in [2.45, 2.75) is 49.1 Å². The van der Waals surface area contributed by atoms with Crippen LogP contribution in [0.2, 0.25) is 10.3 Å². The Morgan fingerprint density at radius 1 is 0.571 bits per heavy atom. The van der Waals surface area contributed by atoms with E-state index in [1.807, 2.05) is 0 Å². The lowest BCUT2D eigenvalue weighted by Crippen LogP contribution is -2.26. The van der Waals surface area contributed by atoms with Gasteiger partial charge in [-0.15, -0.1) is 0 Å².